The fourth-order valence-corrected chi connectivity index (χ4v) is 1.54. The predicted molar refractivity (Wildman–Crippen MR) is 62.2 cm³/mol. The zero-order valence-corrected chi connectivity index (χ0v) is 10.2. The van der Waals surface area contributed by atoms with Crippen LogP contribution < -0.4 is 0 Å². The number of aromatic nitrogens is 2. The Morgan fingerprint density at radius 3 is 2.69 bits per heavy atom. The molecule has 90 valence electrons. The van der Waals surface area contributed by atoms with E-state index in [9.17, 15) is 4.79 Å². The lowest BCUT2D eigenvalue weighted by Crippen LogP contribution is -2.23. The van der Waals surface area contributed by atoms with E-state index in [2.05, 4.69) is 5.10 Å². The predicted octanol–water partition coefficient (Wildman–Crippen LogP) is 2.47. The van der Waals surface area contributed by atoms with Crippen LogP contribution in [-0.2, 0) is 11.3 Å². The minimum atomic E-state index is -0.720. The number of carboxylic acids is 1. The molecule has 0 fully saturated rings. The molecule has 0 radical (unpaired) electrons. The Balaban J connectivity index is 2.24. The molecule has 0 bridgehead atoms. The molecule has 0 unspecified atom stereocenters. The van der Waals surface area contributed by atoms with E-state index < -0.39 is 11.4 Å². The number of aliphatic carboxylic acids is 1. The monoisotopic (exact) mass is 224 g/mol. The second-order valence-corrected chi connectivity index (χ2v) is 4.93. The quantitative estimate of drug-likeness (QED) is 0.755. The van der Waals surface area contributed by atoms with E-state index in [0.717, 1.165) is 24.9 Å². The molecular weight excluding hydrogens is 204 g/mol. The van der Waals surface area contributed by atoms with Gasteiger partial charge >= 0.3 is 5.97 Å². The van der Waals surface area contributed by atoms with Gasteiger partial charge in [-0.25, -0.2) is 0 Å². The molecule has 0 atom stereocenters. The third-order valence-electron chi connectivity index (χ3n) is 2.78. The number of carboxylic acid groups (broad SMARTS) is 1. The molecule has 0 spiro atoms. The van der Waals surface area contributed by atoms with Crippen LogP contribution in [0.2, 0.25) is 0 Å². The molecule has 0 amide bonds. The lowest BCUT2D eigenvalue weighted by Gasteiger charge is -2.18. The summed E-state index contributed by atoms with van der Waals surface area (Å²) in [4.78, 5) is 10.9. The first-order valence-electron chi connectivity index (χ1n) is 5.64. The Hall–Kier alpha value is -1.32. The normalized spacial score (nSPS) is 11.7. The van der Waals surface area contributed by atoms with Gasteiger partial charge in [0.05, 0.1) is 11.6 Å². The standard InChI is InChI=1S/C12H20N2O2/c1-10-8-13-14(9-10)7-5-4-6-12(2,3)11(15)16/h8-9H,4-7H2,1-3H3,(H,15,16). The van der Waals surface area contributed by atoms with Crippen LogP contribution in [0.25, 0.3) is 0 Å². The number of aryl methyl sites for hydroxylation is 2. The highest BCUT2D eigenvalue weighted by Gasteiger charge is 2.25. The molecule has 4 nitrogen and oxygen atoms in total. The maximum Gasteiger partial charge on any atom is 0.309 e. The fourth-order valence-electron chi connectivity index (χ4n) is 1.54. The van der Waals surface area contributed by atoms with Gasteiger partial charge in [0, 0.05) is 12.7 Å². The van der Waals surface area contributed by atoms with Gasteiger partial charge in [-0.3, -0.25) is 9.48 Å². The summed E-state index contributed by atoms with van der Waals surface area (Å²) in [5.74, 6) is -0.720. The van der Waals surface area contributed by atoms with Gasteiger partial charge in [-0.15, -0.1) is 0 Å². The molecule has 0 aliphatic carbocycles. The molecule has 0 aliphatic heterocycles. The van der Waals surface area contributed by atoms with Crippen LogP contribution in [-0.4, -0.2) is 20.9 Å². The molecule has 0 saturated heterocycles. The van der Waals surface area contributed by atoms with Gasteiger partial charge in [-0.1, -0.05) is 6.42 Å². The molecule has 4 heteroatoms. The molecule has 1 N–H and O–H groups in total. The number of nitrogens with zero attached hydrogens (tertiary/aromatic N) is 2. The summed E-state index contributed by atoms with van der Waals surface area (Å²) >= 11 is 0. The second kappa shape index (κ2) is 5.14. The van der Waals surface area contributed by atoms with Gasteiger partial charge in [0.15, 0.2) is 0 Å². The van der Waals surface area contributed by atoms with Crippen LogP contribution >= 0.6 is 0 Å². The Labute approximate surface area is 96.3 Å². The van der Waals surface area contributed by atoms with Crippen molar-refractivity contribution in [3.8, 4) is 0 Å². The van der Waals surface area contributed by atoms with Crippen molar-refractivity contribution >= 4 is 5.97 Å². The Morgan fingerprint density at radius 1 is 1.50 bits per heavy atom. The minimum absolute atomic E-state index is 0.611. The lowest BCUT2D eigenvalue weighted by atomic mass is 9.87. The number of unbranched alkanes of at least 4 members (excludes halogenated alkanes) is 1. The van der Waals surface area contributed by atoms with Crippen LogP contribution in [0.15, 0.2) is 12.4 Å². The van der Waals surface area contributed by atoms with Crippen molar-refractivity contribution in [2.24, 2.45) is 5.41 Å². The molecule has 1 aromatic heterocycles. The van der Waals surface area contributed by atoms with E-state index in [1.807, 2.05) is 24.0 Å². The maximum absolute atomic E-state index is 10.9. The SMILES string of the molecule is Cc1cnn(CCCCC(C)(C)C(=O)O)c1. The van der Waals surface area contributed by atoms with Crippen LogP contribution in [0.1, 0.15) is 38.7 Å². The van der Waals surface area contributed by atoms with Crippen molar-refractivity contribution < 1.29 is 9.90 Å². The highest BCUT2D eigenvalue weighted by atomic mass is 16.4. The van der Waals surface area contributed by atoms with Gasteiger partial charge in [0.1, 0.15) is 0 Å². The molecule has 1 aromatic rings. The third-order valence-corrected chi connectivity index (χ3v) is 2.78. The van der Waals surface area contributed by atoms with E-state index in [0.29, 0.717) is 6.42 Å². The van der Waals surface area contributed by atoms with E-state index in [1.165, 1.54) is 0 Å². The third kappa shape index (κ3) is 3.68. The van der Waals surface area contributed by atoms with Crippen molar-refractivity contribution in [1.82, 2.24) is 9.78 Å². The zero-order chi connectivity index (χ0) is 12.2. The smallest absolute Gasteiger partial charge is 0.309 e. The van der Waals surface area contributed by atoms with E-state index in [1.54, 1.807) is 13.8 Å². The number of hydrogen-bond donors (Lipinski definition) is 1. The number of hydrogen-bond acceptors (Lipinski definition) is 2. The first-order valence-corrected chi connectivity index (χ1v) is 5.64. The van der Waals surface area contributed by atoms with Crippen molar-refractivity contribution in [1.29, 1.82) is 0 Å². The van der Waals surface area contributed by atoms with E-state index >= 15 is 0 Å². The molecule has 0 aromatic carbocycles. The van der Waals surface area contributed by atoms with Crippen molar-refractivity contribution in [2.75, 3.05) is 0 Å². The Bertz CT molecular complexity index is 356. The molecule has 1 heterocycles. The van der Waals surface area contributed by atoms with Gasteiger partial charge in [-0.05, 0) is 39.2 Å². The number of rotatable bonds is 6. The summed E-state index contributed by atoms with van der Waals surface area (Å²) < 4.78 is 1.91. The Kier molecular flexibility index (Phi) is 4.10. The lowest BCUT2D eigenvalue weighted by molar-refractivity contribution is -0.147. The highest BCUT2D eigenvalue weighted by molar-refractivity contribution is 5.73. The van der Waals surface area contributed by atoms with Crippen LogP contribution in [0, 0.1) is 12.3 Å². The van der Waals surface area contributed by atoms with Crippen LogP contribution in [0.5, 0.6) is 0 Å². The van der Waals surface area contributed by atoms with Crippen molar-refractivity contribution in [3.05, 3.63) is 18.0 Å². The molecule has 16 heavy (non-hydrogen) atoms. The highest BCUT2D eigenvalue weighted by Crippen LogP contribution is 2.23. The van der Waals surface area contributed by atoms with Crippen molar-refractivity contribution in [3.63, 3.8) is 0 Å². The van der Waals surface area contributed by atoms with Crippen LogP contribution in [0.3, 0.4) is 0 Å². The van der Waals surface area contributed by atoms with Crippen LogP contribution in [0.4, 0.5) is 0 Å². The molecule has 0 saturated carbocycles. The number of carbonyl (C=O) groups is 1. The summed E-state index contributed by atoms with van der Waals surface area (Å²) in [5.41, 5.74) is 0.547. The first kappa shape index (κ1) is 12.7. The van der Waals surface area contributed by atoms with Gasteiger partial charge in [0.2, 0.25) is 0 Å². The fraction of sp³-hybridized carbons (Fsp3) is 0.667. The first-order chi connectivity index (χ1) is 7.42. The molecular formula is C12H20N2O2. The average molecular weight is 224 g/mol. The largest absolute Gasteiger partial charge is 0.481 e. The summed E-state index contributed by atoms with van der Waals surface area (Å²) in [5, 5.41) is 13.1. The summed E-state index contributed by atoms with van der Waals surface area (Å²) in [6.07, 6.45) is 6.43. The van der Waals surface area contributed by atoms with Gasteiger partial charge in [0.25, 0.3) is 0 Å². The topological polar surface area (TPSA) is 55.1 Å². The molecule has 0 aliphatic rings. The van der Waals surface area contributed by atoms with Crippen molar-refractivity contribution in [2.45, 2.75) is 46.6 Å². The van der Waals surface area contributed by atoms with Gasteiger partial charge < -0.3 is 5.11 Å². The summed E-state index contributed by atoms with van der Waals surface area (Å²) in [6.45, 7) is 6.42. The zero-order valence-electron chi connectivity index (χ0n) is 10.2. The average Bonchev–Trinajstić information content (AvgIpc) is 2.59. The van der Waals surface area contributed by atoms with Gasteiger partial charge in [-0.2, -0.15) is 5.10 Å². The van der Waals surface area contributed by atoms with E-state index in [4.69, 9.17) is 5.11 Å². The summed E-state index contributed by atoms with van der Waals surface area (Å²) in [6, 6.07) is 0. The van der Waals surface area contributed by atoms with E-state index in [-0.39, 0.29) is 0 Å². The summed E-state index contributed by atoms with van der Waals surface area (Å²) in [7, 11) is 0. The maximum atomic E-state index is 10.9. The molecule has 1 rings (SSSR count). The second-order valence-electron chi connectivity index (χ2n) is 4.93. The Morgan fingerprint density at radius 2 is 2.19 bits per heavy atom. The minimum Gasteiger partial charge on any atom is -0.481 e.